The van der Waals surface area contributed by atoms with Crippen molar-refractivity contribution in [3.05, 3.63) is 96.9 Å². The second kappa shape index (κ2) is 7.65. The van der Waals surface area contributed by atoms with Crippen LogP contribution in [0.5, 0.6) is 11.5 Å². The van der Waals surface area contributed by atoms with Crippen LogP contribution in [-0.4, -0.2) is 29.6 Å². The fourth-order valence-corrected chi connectivity index (χ4v) is 4.99. The van der Waals surface area contributed by atoms with Gasteiger partial charge in [-0.05, 0) is 42.5 Å². The van der Waals surface area contributed by atoms with E-state index in [0.717, 1.165) is 25.3 Å². The maximum atomic E-state index is 12.6. The zero-order valence-corrected chi connectivity index (χ0v) is 17.3. The lowest BCUT2D eigenvalue weighted by Crippen LogP contribution is -2.43. The molecule has 0 aromatic heterocycles. The van der Waals surface area contributed by atoms with Crippen LogP contribution in [0, 0.1) is 0 Å². The van der Waals surface area contributed by atoms with Crippen LogP contribution in [0.25, 0.3) is 0 Å². The second-order valence-electron chi connectivity index (χ2n) is 8.17. The van der Waals surface area contributed by atoms with Crippen molar-refractivity contribution in [2.75, 3.05) is 6.54 Å². The van der Waals surface area contributed by atoms with Crippen LogP contribution in [0.1, 0.15) is 34.3 Å². The van der Waals surface area contributed by atoms with Crippen molar-refractivity contribution in [2.45, 2.75) is 37.0 Å². The van der Waals surface area contributed by atoms with Gasteiger partial charge in [-0.1, -0.05) is 43.5 Å². The predicted molar refractivity (Wildman–Crippen MR) is 118 cm³/mol. The first-order chi connectivity index (χ1) is 15.1. The molecule has 2 aromatic rings. The number of carbonyl (C=O) groups excluding carboxylic acids is 1. The van der Waals surface area contributed by atoms with Gasteiger partial charge in [-0.3, -0.25) is 0 Å². The molecule has 5 rings (SSSR count). The van der Waals surface area contributed by atoms with Crippen molar-refractivity contribution < 1.29 is 19.0 Å². The number of esters is 1. The molecule has 0 saturated heterocycles. The molecule has 0 saturated carbocycles. The molecule has 0 fully saturated rings. The lowest BCUT2D eigenvalue weighted by molar-refractivity contribution is 0.0219. The quantitative estimate of drug-likeness (QED) is 0.401. The highest BCUT2D eigenvalue weighted by molar-refractivity contribution is 5.89. The number of hydrogen-bond donors (Lipinski definition) is 0. The summed E-state index contributed by atoms with van der Waals surface area (Å²) < 4.78 is 17.9. The van der Waals surface area contributed by atoms with Crippen molar-refractivity contribution in [2.24, 2.45) is 0 Å². The molecule has 2 aliphatic heterocycles. The van der Waals surface area contributed by atoms with Crippen LogP contribution in [-0.2, 0) is 16.7 Å². The highest BCUT2D eigenvalue weighted by Gasteiger charge is 2.53. The molecule has 0 unspecified atom stereocenters. The van der Waals surface area contributed by atoms with E-state index >= 15 is 0 Å². The highest BCUT2D eigenvalue weighted by Crippen LogP contribution is 2.56. The van der Waals surface area contributed by atoms with Crippen molar-refractivity contribution in [1.82, 2.24) is 4.90 Å². The van der Waals surface area contributed by atoms with E-state index in [1.54, 1.807) is 12.1 Å². The third kappa shape index (κ3) is 3.21. The maximum Gasteiger partial charge on any atom is 0.338 e. The fourth-order valence-electron chi connectivity index (χ4n) is 4.99. The standard InChI is InChI=1S/C26H25NO4/c1-3-27-15-14-26-13-12-20(30-25(28)18-8-6-5-7-9-18)16-22(26)31-24-21(29-4-2)11-10-19(17-27)23(24)26/h3-13,20,22H,1-2,14-17H2/t20-,22-,26-/m0/s1. The first-order valence-corrected chi connectivity index (χ1v) is 10.6. The first kappa shape index (κ1) is 19.5. The summed E-state index contributed by atoms with van der Waals surface area (Å²) in [5.41, 5.74) is 2.64. The largest absolute Gasteiger partial charge is 0.485 e. The third-order valence-electron chi connectivity index (χ3n) is 6.49. The topological polar surface area (TPSA) is 48.0 Å². The number of hydrogen-bond acceptors (Lipinski definition) is 5. The van der Waals surface area contributed by atoms with E-state index in [1.165, 1.54) is 17.4 Å². The van der Waals surface area contributed by atoms with Crippen LogP contribution in [0.3, 0.4) is 0 Å². The van der Waals surface area contributed by atoms with Crippen LogP contribution >= 0.6 is 0 Å². The highest BCUT2D eigenvalue weighted by atomic mass is 16.6. The summed E-state index contributed by atoms with van der Waals surface area (Å²) in [6, 6.07) is 13.1. The smallest absolute Gasteiger partial charge is 0.338 e. The van der Waals surface area contributed by atoms with E-state index in [0.29, 0.717) is 17.7 Å². The Morgan fingerprint density at radius 3 is 2.81 bits per heavy atom. The van der Waals surface area contributed by atoms with Crippen LogP contribution in [0.4, 0.5) is 0 Å². The lowest BCUT2D eigenvalue weighted by Gasteiger charge is -2.36. The molecule has 2 heterocycles. The molecule has 2 aromatic carbocycles. The Bertz CT molecular complexity index is 1060. The van der Waals surface area contributed by atoms with Crippen LogP contribution < -0.4 is 9.47 Å². The SMILES string of the molecule is C=COc1ccc2c3c1O[C@H]1C[C@@H](OC(=O)c4ccccc4)C=C[C@@]31CCN(C=C)C2. The maximum absolute atomic E-state index is 12.6. The summed E-state index contributed by atoms with van der Waals surface area (Å²) in [5, 5.41) is 0. The van der Waals surface area contributed by atoms with E-state index in [9.17, 15) is 4.79 Å². The first-order valence-electron chi connectivity index (χ1n) is 10.6. The number of ether oxygens (including phenoxy) is 3. The van der Waals surface area contributed by atoms with Gasteiger partial charge in [0.25, 0.3) is 0 Å². The van der Waals surface area contributed by atoms with Gasteiger partial charge in [0, 0.05) is 25.1 Å². The van der Waals surface area contributed by atoms with Gasteiger partial charge in [0.05, 0.1) is 17.2 Å². The minimum atomic E-state index is -0.344. The van der Waals surface area contributed by atoms with Gasteiger partial charge in [0.2, 0.25) is 0 Å². The van der Waals surface area contributed by atoms with E-state index in [1.807, 2.05) is 36.5 Å². The molecule has 3 atom stereocenters. The van der Waals surface area contributed by atoms with E-state index in [4.69, 9.17) is 14.2 Å². The summed E-state index contributed by atoms with van der Waals surface area (Å²) in [4.78, 5) is 14.8. The Balaban J connectivity index is 1.49. The average Bonchev–Trinajstić information content (AvgIpc) is 3.04. The van der Waals surface area contributed by atoms with E-state index in [2.05, 4.69) is 30.2 Å². The molecule has 31 heavy (non-hydrogen) atoms. The second-order valence-corrected chi connectivity index (χ2v) is 8.17. The summed E-state index contributed by atoms with van der Waals surface area (Å²) >= 11 is 0. The Kier molecular flexibility index (Phi) is 4.81. The Morgan fingerprint density at radius 1 is 1.19 bits per heavy atom. The minimum absolute atomic E-state index is 0.140. The predicted octanol–water partition coefficient (Wildman–Crippen LogP) is 4.74. The number of nitrogens with zero attached hydrogens (tertiary/aromatic N) is 1. The van der Waals surface area contributed by atoms with Gasteiger partial charge >= 0.3 is 5.97 Å². The molecule has 1 spiro atoms. The molecule has 5 nitrogen and oxygen atoms in total. The van der Waals surface area contributed by atoms with Crippen molar-refractivity contribution in [3.63, 3.8) is 0 Å². The van der Waals surface area contributed by atoms with Crippen LogP contribution in [0.2, 0.25) is 0 Å². The molecule has 0 amide bonds. The molecule has 0 N–H and O–H groups in total. The van der Waals surface area contributed by atoms with Gasteiger partial charge in [-0.25, -0.2) is 4.79 Å². The number of benzene rings is 2. The summed E-state index contributed by atoms with van der Waals surface area (Å²) in [7, 11) is 0. The molecule has 158 valence electrons. The van der Waals surface area contributed by atoms with E-state index < -0.39 is 0 Å². The number of carbonyl (C=O) groups is 1. The molecular formula is C26H25NO4. The third-order valence-corrected chi connectivity index (χ3v) is 6.49. The van der Waals surface area contributed by atoms with Gasteiger partial charge in [0.1, 0.15) is 12.2 Å². The fraction of sp³-hybridized carbons (Fsp3) is 0.269. The number of rotatable bonds is 5. The average molecular weight is 415 g/mol. The van der Waals surface area contributed by atoms with E-state index in [-0.39, 0.29) is 23.6 Å². The van der Waals surface area contributed by atoms with Gasteiger partial charge in [-0.2, -0.15) is 0 Å². The molecule has 3 aliphatic rings. The van der Waals surface area contributed by atoms with Gasteiger partial charge in [-0.15, -0.1) is 0 Å². The Labute approximate surface area is 182 Å². The Hall–Kier alpha value is -3.47. The Morgan fingerprint density at radius 2 is 2.03 bits per heavy atom. The lowest BCUT2D eigenvalue weighted by atomic mass is 9.69. The van der Waals surface area contributed by atoms with Crippen LogP contribution in [0.15, 0.2) is 80.2 Å². The summed E-state index contributed by atoms with van der Waals surface area (Å²) in [6.45, 7) is 9.31. The van der Waals surface area contributed by atoms with Crippen molar-refractivity contribution in [3.8, 4) is 11.5 Å². The summed E-state index contributed by atoms with van der Waals surface area (Å²) in [5.74, 6) is 1.12. The minimum Gasteiger partial charge on any atom is -0.485 e. The zero-order valence-electron chi connectivity index (χ0n) is 17.3. The zero-order chi connectivity index (χ0) is 21.4. The molecule has 0 radical (unpaired) electrons. The molecule has 1 aliphatic carbocycles. The van der Waals surface area contributed by atoms with Gasteiger partial charge in [0.15, 0.2) is 11.5 Å². The normalized spacial score (nSPS) is 25.5. The van der Waals surface area contributed by atoms with Crippen molar-refractivity contribution in [1.29, 1.82) is 0 Å². The summed E-state index contributed by atoms with van der Waals surface area (Å²) in [6.07, 6.45) is 8.51. The molecule has 0 bridgehead atoms. The van der Waals surface area contributed by atoms with Crippen molar-refractivity contribution >= 4 is 5.97 Å². The van der Waals surface area contributed by atoms with Gasteiger partial charge < -0.3 is 19.1 Å². The molecular weight excluding hydrogens is 390 g/mol. The monoisotopic (exact) mass is 415 g/mol. The molecule has 5 heteroatoms.